The van der Waals surface area contributed by atoms with Crippen LogP contribution in [0, 0.1) is 0 Å². The van der Waals surface area contributed by atoms with Crippen LogP contribution in [0.25, 0.3) is 0 Å². The number of nitrogens with one attached hydrogen (secondary N) is 1. The Morgan fingerprint density at radius 2 is 1.48 bits per heavy atom. The van der Waals surface area contributed by atoms with Gasteiger partial charge in [0.2, 0.25) is 0 Å². The Morgan fingerprint density at radius 3 is 2.12 bits per heavy atom. The number of benzene rings is 3. The fourth-order valence-electron chi connectivity index (χ4n) is 3.75. The SMILES string of the molecule is COc1ccc(Cl)cc1C(=O)Nc1ccc(N2CCN(C(=O)c3ccc(Cl)cc3)CC2)cc1. The highest BCUT2D eigenvalue weighted by molar-refractivity contribution is 6.31. The van der Waals surface area contributed by atoms with Gasteiger partial charge in [0.1, 0.15) is 5.75 Å². The fraction of sp³-hybridized carbons (Fsp3) is 0.200. The van der Waals surface area contributed by atoms with Crippen LogP contribution in [-0.2, 0) is 0 Å². The Kier molecular flexibility index (Phi) is 7.06. The number of amides is 2. The Morgan fingerprint density at radius 1 is 0.848 bits per heavy atom. The molecule has 8 heteroatoms. The van der Waals surface area contributed by atoms with Crippen LogP contribution in [0.4, 0.5) is 11.4 Å². The summed E-state index contributed by atoms with van der Waals surface area (Å²) in [4.78, 5) is 29.4. The lowest BCUT2D eigenvalue weighted by atomic mass is 10.1. The number of carbonyl (C=O) groups excluding carboxylic acids is 2. The summed E-state index contributed by atoms with van der Waals surface area (Å²) in [5.41, 5.74) is 2.72. The van der Waals surface area contributed by atoms with Crippen LogP contribution in [0.1, 0.15) is 20.7 Å². The number of halogens is 2. The summed E-state index contributed by atoms with van der Waals surface area (Å²) in [6.07, 6.45) is 0. The molecular weight excluding hydrogens is 461 g/mol. The van der Waals surface area contributed by atoms with E-state index in [2.05, 4.69) is 10.2 Å². The van der Waals surface area contributed by atoms with E-state index in [1.54, 1.807) is 42.5 Å². The molecule has 0 unspecified atom stereocenters. The molecule has 2 amide bonds. The predicted octanol–water partition coefficient (Wildman–Crippen LogP) is 5.22. The molecule has 0 atom stereocenters. The smallest absolute Gasteiger partial charge is 0.259 e. The number of piperazine rings is 1. The minimum Gasteiger partial charge on any atom is -0.496 e. The second-order valence-electron chi connectivity index (χ2n) is 7.63. The van der Waals surface area contributed by atoms with Crippen LogP contribution in [0.3, 0.4) is 0 Å². The zero-order valence-corrected chi connectivity index (χ0v) is 19.6. The van der Waals surface area contributed by atoms with Gasteiger partial charge in [-0.05, 0) is 66.7 Å². The molecule has 6 nitrogen and oxygen atoms in total. The van der Waals surface area contributed by atoms with Gasteiger partial charge in [-0.1, -0.05) is 23.2 Å². The molecule has 1 heterocycles. The van der Waals surface area contributed by atoms with Gasteiger partial charge in [0.25, 0.3) is 11.8 Å². The van der Waals surface area contributed by atoms with Crippen molar-refractivity contribution in [2.75, 3.05) is 43.5 Å². The van der Waals surface area contributed by atoms with Gasteiger partial charge in [-0.25, -0.2) is 0 Å². The number of rotatable bonds is 5. The molecule has 33 heavy (non-hydrogen) atoms. The Labute approximate surface area is 202 Å². The number of methoxy groups -OCH3 is 1. The van der Waals surface area contributed by atoms with Crippen molar-refractivity contribution in [1.82, 2.24) is 4.90 Å². The van der Waals surface area contributed by atoms with E-state index in [4.69, 9.17) is 27.9 Å². The summed E-state index contributed by atoms with van der Waals surface area (Å²) in [6, 6.07) is 19.5. The number of anilines is 2. The molecule has 1 fully saturated rings. The second kappa shape index (κ2) is 10.1. The molecule has 0 radical (unpaired) electrons. The number of hydrogen-bond donors (Lipinski definition) is 1. The Hall–Kier alpha value is -3.22. The molecule has 1 saturated heterocycles. The first kappa shape index (κ1) is 23.0. The maximum absolute atomic E-state index is 12.7. The molecule has 0 aliphatic carbocycles. The highest BCUT2D eigenvalue weighted by Gasteiger charge is 2.22. The number of nitrogens with zero attached hydrogens (tertiary/aromatic N) is 2. The minimum absolute atomic E-state index is 0.0146. The first-order valence-electron chi connectivity index (χ1n) is 10.5. The van der Waals surface area contributed by atoms with Crippen molar-refractivity contribution in [2.45, 2.75) is 0 Å². The van der Waals surface area contributed by atoms with Gasteiger partial charge in [-0.3, -0.25) is 9.59 Å². The lowest BCUT2D eigenvalue weighted by molar-refractivity contribution is 0.0746. The van der Waals surface area contributed by atoms with Gasteiger partial charge in [0.15, 0.2) is 0 Å². The molecule has 0 saturated carbocycles. The first-order valence-corrected chi connectivity index (χ1v) is 11.2. The predicted molar refractivity (Wildman–Crippen MR) is 132 cm³/mol. The summed E-state index contributed by atoms with van der Waals surface area (Å²) in [6.45, 7) is 2.72. The summed E-state index contributed by atoms with van der Waals surface area (Å²) in [5.74, 6) is 0.178. The van der Waals surface area contributed by atoms with E-state index in [-0.39, 0.29) is 11.8 Å². The lowest BCUT2D eigenvalue weighted by Crippen LogP contribution is -2.48. The normalized spacial score (nSPS) is 13.5. The van der Waals surface area contributed by atoms with Crippen molar-refractivity contribution in [3.8, 4) is 5.75 Å². The summed E-state index contributed by atoms with van der Waals surface area (Å²) >= 11 is 11.9. The van der Waals surface area contributed by atoms with E-state index in [1.807, 2.05) is 29.2 Å². The van der Waals surface area contributed by atoms with Crippen molar-refractivity contribution in [1.29, 1.82) is 0 Å². The third-order valence-electron chi connectivity index (χ3n) is 5.55. The average Bonchev–Trinajstić information content (AvgIpc) is 2.84. The van der Waals surface area contributed by atoms with Crippen molar-refractivity contribution in [2.24, 2.45) is 0 Å². The molecule has 0 bridgehead atoms. The maximum Gasteiger partial charge on any atom is 0.259 e. The highest BCUT2D eigenvalue weighted by atomic mass is 35.5. The quantitative estimate of drug-likeness (QED) is 0.540. The van der Waals surface area contributed by atoms with E-state index in [1.165, 1.54) is 7.11 Å². The molecule has 0 spiro atoms. The monoisotopic (exact) mass is 483 g/mol. The number of hydrogen-bond acceptors (Lipinski definition) is 4. The molecule has 4 rings (SSSR count). The molecule has 3 aromatic carbocycles. The zero-order valence-electron chi connectivity index (χ0n) is 18.1. The van der Waals surface area contributed by atoms with Gasteiger partial charge in [-0.2, -0.15) is 0 Å². The first-order chi connectivity index (χ1) is 15.9. The molecule has 170 valence electrons. The van der Waals surface area contributed by atoms with Crippen LogP contribution in [0.5, 0.6) is 5.75 Å². The molecule has 1 aliphatic rings. The van der Waals surface area contributed by atoms with Gasteiger partial charge < -0.3 is 19.9 Å². The van der Waals surface area contributed by atoms with Crippen LogP contribution in [0.15, 0.2) is 66.7 Å². The molecule has 1 N–H and O–H groups in total. The summed E-state index contributed by atoms with van der Waals surface area (Å²) in [5, 5.41) is 3.95. The van der Waals surface area contributed by atoms with E-state index >= 15 is 0 Å². The molecule has 0 aromatic heterocycles. The van der Waals surface area contributed by atoms with Gasteiger partial charge in [0.05, 0.1) is 12.7 Å². The molecule has 3 aromatic rings. The van der Waals surface area contributed by atoms with E-state index in [9.17, 15) is 9.59 Å². The summed E-state index contributed by atoms with van der Waals surface area (Å²) in [7, 11) is 1.51. The van der Waals surface area contributed by atoms with Gasteiger partial charge in [0, 0.05) is 53.2 Å². The third kappa shape index (κ3) is 5.41. The Balaban J connectivity index is 1.35. The maximum atomic E-state index is 12.7. The number of carbonyl (C=O) groups is 2. The van der Waals surface area contributed by atoms with E-state index in [0.29, 0.717) is 45.7 Å². The molecular formula is C25H23Cl2N3O3. The largest absolute Gasteiger partial charge is 0.496 e. The van der Waals surface area contributed by atoms with Crippen LogP contribution < -0.4 is 15.0 Å². The summed E-state index contributed by atoms with van der Waals surface area (Å²) < 4.78 is 5.26. The van der Waals surface area contributed by atoms with E-state index < -0.39 is 0 Å². The van der Waals surface area contributed by atoms with Crippen LogP contribution in [-0.4, -0.2) is 50.0 Å². The Bertz CT molecular complexity index is 1140. The van der Waals surface area contributed by atoms with Crippen LogP contribution in [0.2, 0.25) is 10.0 Å². The lowest BCUT2D eigenvalue weighted by Gasteiger charge is -2.36. The topological polar surface area (TPSA) is 61.9 Å². The van der Waals surface area contributed by atoms with Crippen molar-refractivity contribution < 1.29 is 14.3 Å². The second-order valence-corrected chi connectivity index (χ2v) is 8.50. The van der Waals surface area contributed by atoms with Gasteiger partial charge in [-0.15, -0.1) is 0 Å². The van der Waals surface area contributed by atoms with E-state index in [0.717, 1.165) is 18.8 Å². The average molecular weight is 484 g/mol. The minimum atomic E-state index is -0.295. The molecule has 1 aliphatic heterocycles. The van der Waals surface area contributed by atoms with Crippen molar-refractivity contribution in [3.05, 3.63) is 87.9 Å². The highest BCUT2D eigenvalue weighted by Crippen LogP contribution is 2.25. The van der Waals surface area contributed by atoms with Gasteiger partial charge >= 0.3 is 0 Å². The van der Waals surface area contributed by atoms with Crippen molar-refractivity contribution >= 4 is 46.4 Å². The standard InChI is InChI=1S/C25H23Cl2N3O3/c1-33-23-11-6-19(27)16-22(23)24(31)28-20-7-9-21(10-8-20)29-12-14-30(15-13-29)25(32)17-2-4-18(26)5-3-17/h2-11,16H,12-15H2,1H3,(H,28,31). The van der Waals surface area contributed by atoms with Crippen LogP contribution >= 0.6 is 23.2 Å². The number of ether oxygens (including phenoxy) is 1. The van der Waals surface area contributed by atoms with Crippen molar-refractivity contribution in [3.63, 3.8) is 0 Å². The fourth-order valence-corrected chi connectivity index (χ4v) is 4.05. The third-order valence-corrected chi connectivity index (χ3v) is 6.04. The zero-order chi connectivity index (χ0) is 23.4.